The van der Waals surface area contributed by atoms with Gasteiger partial charge in [0.15, 0.2) is 0 Å². The molecule has 0 atom stereocenters. The lowest BCUT2D eigenvalue weighted by Gasteiger charge is -2.12. The van der Waals surface area contributed by atoms with Crippen LogP contribution in [0.2, 0.25) is 0 Å². The molecule has 0 unspecified atom stereocenters. The Bertz CT molecular complexity index is 611. The number of aliphatic imine (C=N–C) groups is 1. The first-order valence-electron chi connectivity index (χ1n) is 6.48. The molecule has 0 radical (unpaired) electrons. The summed E-state index contributed by atoms with van der Waals surface area (Å²) < 4.78 is 31.0. The standard InChI is InChI=1S/C13H19N3O3S/c1-3-20(17,18)16-11-5-4-10(8-12(11)19-2)9-13-14-6-7-15-13/h4-5,8,16H,3,6-7,9H2,1-2H3,(H,14,15). The molecule has 1 aromatic rings. The minimum Gasteiger partial charge on any atom is -0.495 e. The Morgan fingerprint density at radius 3 is 2.85 bits per heavy atom. The Hall–Kier alpha value is -1.76. The Kier molecular flexibility index (Phi) is 4.49. The van der Waals surface area contributed by atoms with Crippen molar-refractivity contribution in [3.8, 4) is 5.75 Å². The van der Waals surface area contributed by atoms with E-state index in [0.29, 0.717) is 17.9 Å². The van der Waals surface area contributed by atoms with E-state index in [9.17, 15) is 8.42 Å². The molecular formula is C13H19N3O3S. The number of methoxy groups -OCH3 is 1. The van der Waals surface area contributed by atoms with E-state index < -0.39 is 10.0 Å². The van der Waals surface area contributed by atoms with E-state index in [1.807, 2.05) is 12.1 Å². The monoisotopic (exact) mass is 297 g/mol. The Morgan fingerprint density at radius 2 is 2.25 bits per heavy atom. The van der Waals surface area contributed by atoms with E-state index in [0.717, 1.165) is 24.5 Å². The second-order valence-electron chi connectivity index (χ2n) is 4.47. The third-order valence-corrected chi connectivity index (χ3v) is 4.32. The lowest BCUT2D eigenvalue weighted by atomic mass is 10.1. The molecule has 1 aromatic carbocycles. The summed E-state index contributed by atoms with van der Waals surface area (Å²) >= 11 is 0. The molecule has 0 spiro atoms. The van der Waals surface area contributed by atoms with Gasteiger partial charge in [0.1, 0.15) is 11.6 Å². The van der Waals surface area contributed by atoms with Crippen LogP contribution in [0.3, 0.4) is 0 Å². The first-order valence-corrected chi connectivity index (χ1v) is 8.14. The number of benzene rings is 1. The van der Waals surface area contributed by atoms with Crippen LogP contribution in [-0.2, 0) is 16.4 Å². The quantitative estimate of drug-likeness (QED) is 0.821. The fraction of sp³-hybridized carbons (Fsp3) is 0.462. The summed E-state index contributed by atoms with van der Waals surface area (Å²) in [5.41, 5.74) is 1.48. The second kappa shape index (κ2) is 6.13. The maximum Gasteiger partial charge on any atom is 0.232 e. The van der Waals surface area contributed by atoms with Crippen molar-refractivity contribution in [2.24, 2.45) is 4.99 Å². The predicted octanol–water partition coefficient (Wildman–Crippen LogP) is 1.00. The highest BCUT2D eigenvalue weighted by Crippen LogP contribution is 2.27. The smallest absolute Gasteiger partial charge is 0.232 e. The van der Waals surface area contributed by atoms with Crippen LogP contribution in [-0.4, -0.2) is 40.2 Å². The summed E-state index contributed by atoms with van der Waals surface area (Å²) in [6, 6.07) is 5.42. The number of anilines is 1. The van der Waals surface area contributed by atoms with Crippen LogP contribution in [0.5, 0.6) is 5.75 Å². The van der Waals surface area contributed by atoms with Crippen molar-refractivity contribution in [1.82, 2.24) is 5.32 Å². The number of sulfonamides is 1. The van der Waals surface area contributed by atoms with Crippen molar-refractivity contribution >= 4 is 21.5 Å². The van der Waals surface area contributed by atoms with E-state index >= 15 is 0 Å². The van der Waals surface area contributed by atoms with Crippen molar-refractivity contribution < 1.29 is 13.2 Å². The summed E-state index contributed by atoms with van der Waals surface area (Å²) in [5, 5.41) is 3.20. The maximum absolute atomic E-state index is 11.6. The van der Waals surface area contributed by atoms with E-state index in [1.165, 1.54) is 7.11 Å². The van der Waals surface area contributed by atoms with Gasteiger partial charge >= 0.3 is 0 Å². The van der Waals surface area contributed by atoms with E-state index in [2.05, 4.69) is 15.0 Å². The minimum absolute atomic E-state index is 0.0264. The highest BCUT2D eigenvalue weighted by atomic mass is 32.2. The minimum atomic E-state index is -3.31. The van der Waals surface area contributed by atoms with Crippen LogP contribution < -0.4 is 14.8 Å². The maximum atomic E-state index is 11.6. The van der Waals surface area contributed by atoms with Crippen molar-refractivity contribution in [2.75, 3.05) is 30.7 Å². The van der Waals surface area contributed by atoms with Gasteiger partial charge < -0.3 is 10.1 Å². The van der Waals surface area contributed by atoms with Crippen LogP contribution in [0, 0.1) is 0 Å². The molecule has 2 rings (SSSR count). The van der Waals surface area contributed by atoms with Gasteiger partial charge in [-0.3, -0.25) is 9.71 Å². The molecule has 6 nitrogen and oxygen atoms in total. The first kappa shape index (κ1) is 14.6. The molecule has 7 heteroatoms. The molecule has 0 amide bonds. The van der Waals surface area contributed by atoms with E-state index in [-0.39, 0.29) is 5.75 Å². The molecule has 0 aromatic heterocycles. The first-order chi connectivity index (χ1) is 9.54. The van der Waals surface area contributed by atoms with Gasteiger partial charge in [0.05, 0.1) is 25.1 Å². The van der Waals surface area contributed by atoms with Crippen molar-refractivity contribution in [3.05, 3.63) is 23.8 Å². The van der Waals surface area contributed by atoms with Gasteiger partial charge in [-0.1, -0.05) is 6.07 Å². The predicted molar refractivity (Wildman–Crippen MR) is 80.1 cm³/mol. The number of ether oxygens (including phenoxy) is 1. The fourth-order valence-electron chi connectivity index (χ4n) is 1.93. The number of rotatable bonds is 6. The summed E-state index contributed by atoms with van der Waals surface area (Å²) in [5.74, 6) is 1.49. The molecule has 0 aliphatic carbocycles. The van der Waals surface area contributed by atoms with E-state index in [4.69, 9.17) is 4.74 Å². The third-order valence-electron chi connectivity index (χ3n) is 3.03. The van der Waals surface area contributed by atoms with Gasteiger partial charge in [0.25, 0.3) is 0 Å². The van der Waals surface area contributed by atoms with Gasteiger partial charge in [-0.15, -0.1) is 0 Å². The van der Waals surface area contributed by atoms with Crippen molar-refractivity contribution in [1.29, 1.82) is 0 Å². The number of amidine groups is 1. The van der Waals surface area contributed by atoms with E-state index in [1.54, 1.807) is 13.0 Å². The lowest BCUT2D eigenvalue weighted by Crippen LogP contribution is -2.20. The van der Waals surface area contributed by atoms with Crippen LogP contribution in [0.25, 0.3) is 0 Å². The van der Waals surface area contributed by atoms with Crippen molar-refractivity contribution in [3.63, 3.8) is 0 Å². The highest BCUT2D eigenvalue weighted by molar-refractivity contribution is 7.92. The summed E-state index contributed by atoms with van der Waals surface area (Å²) in [7, 11) is -1.78. The zero-order chi connectivity index (χ0) is 14.6. The normalized spacial score (nSPS) is 14.6. The molecule has 0 saturated heterocycles. The largest absolute Gasteiger partial charge is 0.495 e. The summed E-state index contributed by atoms with van der Waals surface area (Å²) in [6.45, 7) is 3.27. The van der Waals surface area contributed by atoms with Crippen LogP contribution in [0.4, 0.5) is 5.69 Å². The Labute approximate surface area is 119 Å². The number of hydrogen-bond donors (Lipinski definition) is 2. The van der Waals surface area contributed by atoms with Gasteiger partial charge in [-0.05, 0) is 24.6 Å². The highest BCUT2D eigenvalue weighted by Gasteiger charge is 2.13. The van der Waals surface area contributed by atoms with Gasteiger partial charge in [-0.2, -0.15) is 0 Å². The molecule has 0 fully saturated rings. The number of nitrogens with one attached hydrogen (secondary N) is 2. The molecule has 110 valence electrons. The third kappa shape index (κ3) is 3.63. The van der Waals surface area contributed by atoms with Crippen LogP contribution >= 0.6 is 0 Å². The molecule has 0 saturated carbocycles. The fourth-order valence-corrected chi connectivity index (χ4v) is 2.58. The molecule has 1 heterocycles. The van der Waals surface area contributed by atoms with Crippen LogP contribution in [0.15, 0.2) is 23.2 Å². The Morgan fingerprint density at radius 1 is 1.45 bits per heavy atom. The van der Waals surface area contributed by atoms with Gasteiger partial charge in [0, 0.05) is 13.0 Å². The van der Waals surface area contributed by atoms with Gasteiger partial charge in [-0.25, -0.2) is 8.42 Å². The zero-order valence-electron chi connectivity index (χ0n) is 11.6. The second-order valence-corrected chi connectivity index (χ2v) is 6.48. The van der Waals surface area contributed by atoms with Crippen molar-refractivity contribution in [2.45, 2.75) is 13.3 Å². The molecule has 2 N–H and O–H groups in total. The summed E-state index contributed by atoms with van der Waals surface area (Å²) in [4.78, 5) is 4.33. The molecular weight excluding hydrogens is 278 g/mol. The number of hydrogen-bond acceptors (Lipinski definition) is 5. The molecule has 0 bridgehead atoms. The topological polar surface area (TPSA) is 79.8 Å². The summed E-state index contributed by atoms with van der Waals surface area (Å²) in [6.07, 6.45) is 0.692. The average Bonchev–Trinajstić information content (AvgIpc) is 2.93. The van der Waals surface area contributed by atoms with Gasteiger partial charge in [0.2, 0.25) is 10.0 Å². The zero-order valence-corrected chi connectivity index (χ0v) is 12.5. The molecule has 1 aliphatic heterocycles. The SMILES string of the molecule is CCS(=O)(=O)Nc1ccc(CC2=NCCN2)cc1OC. The number of nitrogens with zero attached hydrogens (tertiary/aromatic N) is 1. The Balaban J connectivity index is 2.19. The molecule has 1 aliphatic rings. The average molecular weight is 297 g/mol. The molecule has 20 heavy (non-hydrogen) atoms. The lowest BCUT2D eigenvalue weighted by molar-refractivity contribution is 0.416. The van der Waals surface area contributed by atoms with Crippen LogP contribution in [0.1, 0.15) is 12.5 Å².